The predicted octanol–water partition coefficient (Wildman–Crippen LogP) is 0.307. The van der Waals surface area contributed by atoms with Gasteiger partial charge in [-0.3, -0.25) is 14.4 Å². The molecule has 0 aliphatic carbocycles. The van der Waals surface area contributed by atoms with Crippen LogP contribution in [0.5, 0.6) is 0 Å². The van der Waals surface area contributed by atoms with Crippen LogP contribution in [-0.2, 0) is 14.4 Å². The van der Waals surface area contributed by atoms with Gasteiger partial charge in [-0.05, 0) is 12.3 Å². The Morgan fingerprint density at radius 3 is 2.11 bits per heavy atom. The summed E-state index contributed by atoms with van der Waals surface area (Å²) in [5.74, 6) is -1.26. The van der Waals surface area contributed by atoms with Gasteiger partial charge in [0.1, 0.15) is 12.1 Å². The number of hydrogen-bond acceptors (Lipinski definition) is 3. The summed E-state index contributed by atoms with van der Waals surface area (Å²) in [5.41, 5.74) is 5.26. The number of hydrogen-bond donors (Lipinski definition) is 3. The average molecular weight is 271 g/mol. The molecule has 19 heavy (non-hydrogen) atoms. The number of carbonyl (C=O) groups excluding carboxylic acids is 3. The van der Waals surface area contributed by atoms with Crippen molar-refractivity contribution in [2.24, 2.45) is 11.7 Å². The van der Waals surface area contributed by atoms with E-state index in [4.69, 9.17) is 5.73 Å². The van der Waals surface area contributed by atoms with E-state index in [0.29, 0.717) is 6.42 Å². The Hall–Kier alpha value is -1.59. The summed E-state index contributed by atoms with van der Waals surface area (Å²) < 4.78 is 0. The van der Waals surface area contributed by atoms with Crippen LogP contribution in [-0.4, -0.2) is 29.8 Å². The molecule has 0 heterocycles. The van der Waals surface area contributed by atoms with Crippen molar-refractivity contribution in [2.45, 2.75) is 59.0 Å². The lowest BCUT2D eigenvalue weighted by Gasteiger charge is -2.23. The van der Waals surface area contributed by atoms with Gasteiger partial charge in [0.05, 0.1) is 0 Å². The van der Waals surface area contributed by atoms with Crippen LogP contribution in [0, 0.1) is 5.92 Å². The summed E-state index contributed by atoms with van der Waals surface area (Å²) in [6, 6.07) is -1.33. The Balaban J connectivity index is 4.65. The third kappa shape index (κ3) is 6.79. The molecule has 0 aromatic carbocycles. The Morgan fingerprint density at radius 1 is 1.16 bits per heavy atom. The minimum absolute atomic E-state index is 0.0661. The second-order valence-electron chi connectivity index (χ2n) is 5.03. The molecule has 0 aromatic rings. The summed E-state index contributed by atoms with van der Waals surface area (Å²) in [7, 11) is 0. The molecule has 3 amide bonds. The molecule has 0 radical (unpaired) electrons. The maximum absolute atomic E-state index is 12.1. The Kier molecular flexibility index (Phi) is 7.79. The topological polar surface area (TPSA) is 101 Å². The van der Waals surface area contributed by atoms with Crippen LogP contribution in [0.25, 0.3) is 0 Å². The van der Waals surface area contributed by atoms with Gasteiger partial charge < -0.3 is 16.4 Å². The molecule has 0 rings (SSSR count). The van der Waals surface area contributed by atoms with Crippen LogP contribution in [0.4, 0.5) is 0 Å². The second-order valence-corrected chi connectivity index (χ2v) is 5.03. The summed E-state index contributed by atoms with van der Waals surface area (Å²) in [4.78, 5) is 34.4. The van der Waals surface area contributed by atoms with Crippen molar-refractivity contribution in [2.75, 3.05) is 0 Å². The SMILES string of the molecule is CCCC[C@H](NC(=O)[C@H](NC(C)=O)C(C)C)C(N)=O. The molecule has 0 saturated carbocycles. The van der Waals surface area contributed by atoms with Gasteiger partial charge >= 0.3 is 0 Å². The number of rotatable bonds is 8. The van der Waals surface area contributed by atoms with E-state index in [1.165, 1.54) is 6.92 Å². The fraction of sp³-hybridized carbons (Fsp3) is 0.769. The van der Waals surface area contributed by atoms with Gasteiger partial charge in [0, 0.05) is 6.92 Å². The third-order valence-electron chi connectivity index (χ3n) is 2.81. The highest BCUT2D eigenvalue weighted by atomic mass is 16.2. The predicted molar refractivity (Wildman–Crippen MR) is 73.1 cm³/mol. The number of unbranched alkanes of at least 4 members (excludes halogenated alkanes) is 1. The molecule has 0 fully saturated rings. The van der Waals surface area contributed by atoms with Gasteiger partial charge in [0.2, 0.25) is 17.7 Å². The fourth-order valence-electron chi connectivity index (χ4n) is 1.71. The van der Waals surface area contributed by atoms with Crippen molar-refractivity contribution in [3.8, 4) is 0 Å². The van der Waals surface area contributed by atoms with E-state index in [1.54, 1.807) is 0 Å². The lowest BCUT2D eigenvalue weighted by atomic mass is 10.0. The first kappa shape index (κ1) is 17.4. The van der Waals surface area contributed by atoms with E-state index in [1.807, 2.05) is 20.8 Å². The second kappa shape index (κ2) is 8.50. The van der Waals surface area contributed by atoms with Gasteiger partial charge in [0.15, 0.2) is 0 Å². The highest BCUT2D eigenvalue weighted by Gasteiger charge is 2.26. The smallest absolute Gasteiger partial charge is 0.243 e. The minimum atomic E-state index is -0.678. The fourth-order valence-corrected chi connectivity index (χ4v) is 1.71. The average Bonchev–Trinajstić information content (AvgIpc) is 2.30. The van der Waals surface area contributed by atoms with Crippen LogP contribution >= 0.6 is 0 Å². The van der Waals surface area contributed by atoms with E-state index in [-0.39, 0.29) is 17.7 Å². The molecule has 0 aliphatic rings. The molecule has 4 N–H and O–H groups in total. The monoisotopic (exact) mass is 271 g/mol. The lowest BCUT2D eigenvalue weighted by molar-refractivity contribution is -0.131. The largest absolute Gasteiger partial charge is 0.368 e. The van der Waals surface area contributed by atoms with Crippen molar-refractivity contribution in [3.63, 3.8) is 0 Å². The van der Waals surface area contributed by atoms with Crippen molar-refractivity contribution < 1.29 is 14.4 Å². The summed E-state index contributed by atoms with van der Waals surface area (Å²) in [6.07, 6.45) is 2.24. The number of nitrogens with two attached hydrogens (primary N) is 1. The van der Waals surface area contributed by atoms with Crippen LogP contribution in [0.3, 0.4) is 0 Å². The highest BCUT2D eigenvalue weighted by Crippen LogP contribution is 2.05. The van der Waals surface area contributed by atoms with Crippen molar-refractivity contribution >= 4 is 17.7 Å². The Labute approximate surface area is 114 Å². The van der Waals surface area contributed by atoms with E-state index >= 15 is 0 Å². The van der Waals surface area contributed by atoms with E-state index in [9.17, 15) is 14.4 Å². The van der Waals surface area contributed by atoms with E-state index in [0.717, 1.165) is 12.8 Å². The molecular formula is C13H25N3O3. The minimum Gasteiger partial charge on any atom is -0.368 e. The summed E-state index contributed by atoms with van der Waals surface area (Å²) in [6.45, 7) is 7.00. The van der Waals surface area contributed by atoms with Crippen molar-refractivity contribution in [3.05, 3.63) is 0 Å². The normalized spacial score (nSPS) is 13.7. The maximum atomic E-state index is 12.1. The standard InChI is InChI=1S/C13H25N3O3/c1-5-6-7-10(12(14)18)16-13(19)11(8(2)3)15-9(4)17/h8,10-11H,5-7H2,1-4H3,(H2,14,18)(H,15,17)(H,16,19)/t10-,11+/m0/s1. The molecular weight excluding hydrogens is 246 g/mol. The van der Waals surface area contributed by atoms with Crippen molar-refractivity contribution in [1.29, 1.82) is 0 Å². The van der Waals surface area contributed by atoms with Crippen LogP contribution in [0.2, 0.25) is 0 Å². The van der Waals surface area contributed by atoms with Crippen LogP contribution in [0.15, 0.2) is 0 Å². The summed E-state index contributed by atoms with van der Waals surface area (Å²) in [5, 5.41) is 5.19. The van der Waals surface area contributed by atoms with E-state index in [2.05, 4.69) is 10.6 Å². The highest BCUT2D eigenvalue weighted by molar-refractivity contribution is 5.91. The Morgan fingerprint density at radius 2 is 1.74 bits per heavy atom. The number of amides is 3. The van der Waals surface area contributed by atoms with Gasteiger partial charge in [-0.25, -0.2) is 0 Å². The quantitative estimate of drug-likeness (QED) is 0.592. The number of primary amides is 1. The maximum Gasteiger partial charge on any atom is 0.243 e. The molecule has 0 unspecified atom stereocenters. The molecule has 0 saturated heterocycles. The zero-order valence-corrected chi connectivity index (χ0v) is 12.2. The summed E-state index contributed by atoms with van der Waals surface area (Å²) >= 11 is 0. The molecule has 0 bridgehead atoms. The molecule has 110 valence electrons. The zero-order valence-electron chi connectivity index (χ0n) is 12.2. The first-order valence-corrected chi connectivity index (χ1v) is 6.66. The van der Waals surface area contributed by atoms with Crippen LogP contribution in [0.1, 0.15) is 47.0 Å². The zero-order chi connectivity index (χ0) is 15.0. The van der Waals surface area contributed by atoms with Gasteiger partial charge in [-0.1, -0.05) is 33.6 Å². The third-order valence-corrected chi connectivity index (χ3v) is 2.81. The number of nitrogens with one attached hydrogen (secondary N) is 2. The Bertz CT molecular complexity index is 329. The first-order valence-electron chi connectivity index (χ1n) is 6.66. The molecule has 0 spiro atoms. The van der Waals surface area contributed by atoms with Gasteiger partial charge in [-0.2, -0.15) is 0 Å². The lowest BCUT2D eigenvalue weighted by Crippen LogP contribution is -2.54. The molecule has 0 aliphatic heterocycles. The first-order chi connectivity index (χ1) is 8.79. The molecule has 2 atom stereocenters. The van der Waals surface area contributed by atoms with Crippen molar-refractivity contribution in [1.82, 2.24) is 10.6 Å². The van der Waals surface area contributed by atoms with E-state index < -0.39 is 18.0 Å². The molecule has 6 nitrogen and oxygen atoms in total. The molecule has 0 aromatic heterocycles. The molecule has 6 heteroatoms. The van der Waals surface area contributed by atoms with Gasteiger partial charge in [0.25, 0.3) is 0 Å². The number of carbonyl (C=O) groups is 3. The van der Waals surface area contributed by atoms with Gasteiger partial charge in [-0.15, -0.1) is 0 Å². The van der Waals surface area contributed by atoms with Crippen LogP contribution < -0.4 is 16.4 Å².